The van der Waals surface area contributed by atoms with Gasteiger partial charge in [-0.2, -0.15) is 0 Å². The van der Waals surface area contributed by atoms with Crippen LogP contribution in [0.25, 0.3) is 6.08 Å². The third kappa shape index (κ3) is 4.07. The van der Waals surface area contributed by atoms with E-state index in [0.717, 1.165) is 5.56 Å². The number of carbonyl (C=O) groups excluding carboxylic acids is 1. The number of benzene rings is 2. The maximum atomic E-state index is 12.1. The minimum Gasteiger partial charge on any atom is -0.402 e. The molecule has 1 heterocycles. The van der Waals surface area contributed by atoms with Gasteiger partial charge in [-0.15, -0.1) is 0 Å². The van der Waals surface area contributed by atoms with Crippen molar-refractivity contribution >= 4 is 28.0 Å². The Hall–Kier alpha value is -2.77. The van der Waals surface area contributed by atoms with E-state index in [-0.39, 0.29) is 22.5 Å². The fraction of sp³-hybridized carbons (Fsp3) is 0.158. The van der Waals surface area contributed by atoms with Crippen LogP contribution < -0.4 is 4.72 Å². The molecule has 0 amide bonds. The number of carbonyl (C=O) groups is 1. The summed E-state index contributed by atoms with van der Waals surface area (Å²) in [6.45, 7) is 3.50. The first-order valence-electron chi connectivity index (χ1n) is 8.05. The van der Waals surface area contributed by atoms with Gasteiger partial charge in [-0.3, -0.25) is 0 Å². The molecule has 134 valence electrons. The predicted molar refractivity (Wildman–Crippen MR) is 98.9 cm³/mol. The second-order valence-corrected chi connectivity index (χ2v) is 7.76. The number of nitrogens with zero attached hydrogens (tertiary/aromatic N) is 1. The molecule has 1 aliphatic rings. The minimum absolute atomic E-state index is 0.139. The number of ether oxygens (including phenoxy) is 1. The maximum absolute atomic E-state index is 12.1. The van der Waals surface area contributed by atoms with Crippen molar-refractivity contribution in [2.75, 3.05) is 0 Å². The number of hydrogen-bond acceptors (Lipinski definition) is 5. The molecule has 0 atom stereocenters. The number of aliphatic imine (C=N–C) groups is 1. The van der Waals surface area contributed by atoms with E-state index in [2.05, 4.69) is 9.71 Å². The van der Waals surface area contributed by atoms with E-state index in [1.807, 2.05) is 30.3 Å². The van der Waals surface area contributed by atoms with Gasteiger partial charge in [0.2, 0.25) is 15.9 Å². The quantitative estimate of drug-likeness (QED) is 0.648. The highest BCUT2D eigenvalue weighted by Crippen LogP contribution is 2.20. The molecule has 3 rings (SSSR count). The molecule has 2 aromatic rings. The average Bonchev–Trinajstić information content (AvgIpc) is 2.95. The SMILES string of the molecule is CC(C)NS(=O)(=O)c1ccc(C2=N/C(=C/c3ccccc3)C(=O)O2)cc1. The van der Waals surface area contributed by atoms with Crippen LogP contribution >= 0.6 is 0 Å². The van der Waals surface area contributed by atoms with Crippen LogP contribution in [-0.2, 0) is 19.6 Å². The van der Waals surface area contributed by atoms with Crippen LogP contribution in [-0.4, -0.2) is 26.3 Å². The van der Waals surface area contributed by atoms with E-state index in [1.165, 1.54) is 12.1 Å². The van der Waals surface area contributed by atoms with Crippen molar-refractivity contribution < 1.29 is 17.9 Å². The van der Waals surface area contributed by atoms with E-state index in [0.29, 0.717) is 5.56 Å². The standard InChI is InChI=1S/C19H18N2O4S/c1-13(2)21-26(23,24)16-10-8-15(9-11-16)18-20-17(19(22)25-18)12-14-6-4-3-5-7-14/h3-13,21H,1-2H3/b17-12+. The fourth-order valence-corrected chi connectivity index (χ4v) is 3.65. The van der Waals surface area contributed by atoms with Crippen molar-refractivity contribution in [3.8, 4) is 0 Å². The second kappa shape index (κ2) is 7.23. The monoisotopic (exact) mass is 370 g/mol. The molecule has 0 spiro atoms. The summed E-state index contributed by atoms with van der Waals surface area (Å²) >= 11 is 0. The molecule has 0 aromatic heterocycles. The second-order valence-electron chi connectivity index (χ2n) is 6.05. The lowest BCUT2D eigenvalue weighted by Gasteiger charge is -2.09. The first-order valence-corrected chi connectivity index (χ1v) is 9.54. The molecule has 6 nitrogen and oxygen atoms in total. The van der Waals surface area contributed by atoms with Gasteiger partial charge in [0.05, 0.1) is 4.90 Å². The highest BCUT2D eigenvalue weighted by Gasteiger charge is 2.24. The summed E-state index contributed by atoms with van der Waals surface area (Å²) in [6.07, 6.45) is 1.64. The molecule has 0 fully saturated rings. The smallest absolute Gasteiger partial charge is 0.363 e. The third-order valence-corrected chi connectivity index (χ3v) is 5.20. The van der Waals surface area contributed by atoms with Crippen LogP contribution in [0.1, 0.15) is 25.0 Å². The van der Waals surface area contributed by atoms with Crippen LogP contribution in [0.3, 0.4) is 0 Å². The average molecular weight is 370 g/mol. The number of cyclic esters (lactones) is 1. The minimum atomic E-state index is -3.57. The van der Waals surface area contributed by atoms with E-state index in [4.69, 9.17) is 4.74 Å². The van der Waals surface area contributed by atoms with Crippen molar-refractivity contribution in [2.45, 2.75) is 24.8 Å². The lowest BCUT2D eigenvalue weighted by Crippen LogP contribution is -2.30. The summed E-state index contributed by atoms with van der Waals surface area (Å²) < 4.78 is 32.0. The normalized spacial score (nSPS) is 16.0. The number of rotatable bonds is 5. The van der Waals surface area contributed by atoms with Gasteiger partial charge in [0.25, 0.3) is 0 Å². The maximum Gasteiger partial charge on any atom is 0.363 e. The number of sulfonamides is 1. The van der Waals surface area contributed by atoms with Gasteiger partial charge < -0.3 is 4.74 Å². The van der Waals surface area contributed by atoms with E-state index in [9.17, 15) is 13.2 Å². The van der Waals surface area contributed by atoms with Crippen LogP contribution in [0, 0.1) is 0 Å². The summed E-state index contributed by atoms with van der Waals surface area (Å²) in [5.41, 5.74) is 1.56. The van der Waals surface area contributed by atoms with E-state index in [1.54, 1.807) is 32.1 Å². The highest BCUT2D eigenvalue weighted by atomic mass is 32.2. The highest BCUT2D eigenvalue weighted by molar-refractivity contribution is 7.89. The van der Waals surface area contributed by atoms with Gasteiger partial charge in [0, 0.05) is 11.6 Å². The van der Waals surface area contributed by atoms with Gasteiger partial charge in [-0.1, -0.05) is 30.3 Å². The first kappa shape index (κ1) is 18.0. The van der Waals surface area contributed by atoms with E-state index >= 15 is 0 Å². The zero-order valence-corrected chi connectivity index (χ0v) is 15.2. The predicted octanol–water partition coefficient (Wildman–Crippen LogP) is 2.72. The molecular weight excluding hydrogens is 352 g/mol. The fourth-order valence-electron chi connectivity index (χ4n) is 2.39. The molecule has 1 aliphatic heterocycles. The lowest BCUT2D eigenvalue weighted by atomic mass is 10.2. The molecule has 7 heteroatoms. The van der Waals surface area contributed by atoms with E-state index < -0.39 is 16.0 Å². The first-order chi connectivity index (χ1) is 12.3. The molecule has 0 saturated heterocycles. The summed E-state index contributed by atoms with van der Waals surface area (Å²) in [5.74, 6) is -0.389. The Kier molecular flexibility index (Phi) is 5.01. The van der Waals surface area contributed by atoms with Crippen molar-refractivity contribution in [3.63, 3.8) is 0 Å². The third-order valence-electron chi connectivity index (χ3n) is 3.53. The summed E-state index contributed by atoms with van der Waals surface area (Å²) in [6, 6.07) is 15.1. The summed E-state index contributed by atoms with van der Waals surface area (Å²) in [7, 11) is -3.57. The molecule has 0 aliphatic carbocycles. The van der Waals surface area contributed by atoms with Crippen LogP contribution in [0.5, 0.6) is 0 Å². The summed E-state index contributed by atoms with van der Waals surface area (Å²) in [5, 5.41) is 0. The number of hydrogen-bond donors (Lipinski definition) is 1. The Morgan fingerprint density at radius 1 is 1.04 bits per heavy atom. The van der Waals surface area contributed by atoms with Crippen molar-refractivity contribution in [3.05, 3.63) is 71.4 Å². The number of nitrogens with one attached hydrogen (secondary N) is 1. The molecular formula is C19H18N2O4S. The van der Waals surface area contributed by atoms with Gasteiger partial charge in [-0.25, -0.2) is 22.9 Å². The zero-order valence-electron chi connectivity index (χ0n) is 14.3. The number of esters is 1. The zero-order chi connectivity index (χ0) is 18.7. The largest absolute Gasteiger partial charge is 0.402 e. The van der Waals surface area contributed by atoms with Crippen molar-refractivity contribution in [1.82, 2.24) is 4.72 Å². The van der Waals surface area contributed by atoms with Gasteiger partial charge in [0.1, 0.15) is 0 Å². The Bertz CT molecular complexity index is 976. The Balaban J connectivity index is 1.85. The van der Waals surface area contributed by atoms with Gasteiger partial charge in [-0.05, 0) is 49.8 Å². The molecule has 0 bridgehead atoms. The van der Waals surface area contributed by atoms with Crippen molar-refractivity contribution in [2.24, 2.45) is 4.99 Å². The van der Waals surface area contributed by atoms with Crippen molar-refractivity contribution in [1.29, 1.82) is 0 Å². The van der Waals surface area contributed by atoms with Crippen LogP contribution in [0.4, 0.5) is 0 Å². The molecule has 0 unspecified atom stereocenters. The van der Waals surface area contributed by atoms with Crippen LogP contribution in [0.15, 0.2) is 70.2 Å². The lowest BCUT2D eigenvalue weighted by molar-refractivity contribution is -0.129. The molecule has 2 aromatic carbocycles. The molecule has 0 saturated carbocycles. The Morgan fingerprint density at radius 3 is 2.31 bits per heavy atom. The van der Waals surface area contributed by atoms with Gasteiger partial charge >= 0.3 is 5.97 Å². The van der Waals surface area contributed by atoms with Gasteiger partial charge in [0.15, 0.2) is 5.70 Å². The summed E-state index contributed by atoms with van der Waals surface area (Å²) in [4.78, 5) is 16.4. The molecule has 26 heavy (non-hydrogen) atoms. The molecule has 0 radical (unpaired) electrons. The Morgan fingerprint density at radius 2 is 1.69 bits per heavy atom. The Labute approximate surface area is 152 Å². The van der Waals surface area contributed by atoms with Crippen LogP contribution in [0.2, 0.25) is 0 Å². The molecule has 1 N–H and O–H groups in total. The topological polar surface area (TPSA) is 84.8 Å².